The molecule has 0 saturated heterocycles. The van der Waals surface area contributed by atoms with Crippen LogP contribution in [0.2, 0.25) is 0 Å². The second kappa shape index (κ2) is 10.3. The third kappa shape index (κ3) is 8.79. The molecule has 0 bridgehead atoms. The predicted molar refractivity (Wildman–Crippen MR) is 99.1 cm³/mol. The zero-order chi connectivity index (χ0) is 18.0. The van der Waals surface area contributed by atoms with Crippen molar-refractivity contribution < 1.29 is 17.7 Å². The molecule has 0 aliphatic heterocycles. The molecular formula is C19H25NO4S. The average Bonchev–Trinajstić information content (AvgIpc) is 2.59. The largest absolute Gasteiger partial charge is 0.375 e. The molecule has 0 saturated carbocycles. The maximum atomic E-state index is 10.8. The van der Waals surface area contributed by atoms with Crippen molar-refractivity contribution in [1.82, 2.24) is 5.32 Å². The monoisotopic (exact) mass is 363 g/mol. The van der Waals surface area contributed by atoms with Gasteiger partial charge in [-0.25, -0.2) is 0 Å². The van der Waals surface area contributed by atoms with E-state index in [1.54, 1.807) is 0 Å². The van der Waals surface area contributed by atoms with Crippen LogP contribution in [0, 0.1) is 0 Å². The molecule has 0 aliphatic carbocycles. The second-order valence-electron chi connectivity index (χ2n) is 5.98. The first-order valence-electron chi connectivity index (χ1n) is 8.37. The SMILES string of the molecule is O=S(=O)(O)CCCN[C@H](COCc1ccccc1)Cc1ccccc1. The lowest BCUT2D eigenvalue weighted by Crippen LogP contribution is -2.36. The lowest BCUT2D eigenvalue weighted by molar-refractivity contribution is 0.0985. The second-order valence-corrected chi connectivity index (χ2v) is 7.55. The molecule has 0 heterocycles. The summed E-state index contributed by atoms with van der Waals surface area (Å²) in [4.78, 5) is 0. The Labute approximate surface area is 149 Å². The minimum Gasteiger partial charge on any atom is -0.375 e. The van der Waals surface area contributed by atoms with Crippen molar-refractivity contribution in [2.24, 2.45) is 0 Å². The Morgan fingerprint density at radius 1 is 0.960 bits per heavy atom. The molecule has 0 aliphatic rings. The third-order valence-electron chi connectivity index (χ3n) is 3.77. The number of rotatable bonds is 11. The minimum atomic E-state index is -3.91. The van der Waals surface area contributed by atoms with Crippen LogP contribution in [-0.2, 0) is 27.9 Å². The van der Waals surface area contributed by atoms with Crippen LogP contribution in [0.15, 0.2) is 60.7 Å². The van der Waals surface area contributed by atoms with E-state index in [2.05, 4.69) is 17.4 Å². The number of ether oxygens (including phenoxy) is 1. The van der Waals surface area contributed by atoms with Crippen molar-refractivity contribution in [1.29, 1.82) is 0 Å². The van der Waals surface area contributed by atoms with Gasteiger partial charge >= 0.3 is 0 Å². The molecule has 0 fully saturated rings. The Bertz CT molecular complexity index is 705. The highest BCUT2D eigenvalue weighted by Gasteiger charge is 2.11. The number of benzene rings is 2. The van der Waals surface area contributed by atoms with Crippen molar-refractivity contribution in [3.05, 3.63) is 71.8 Å². The molecule has 1 atom stereocenters. The number of hydrogen-bond donors (Lipinski definition) is 2. The number of hydrogen-bond acceptors (Lipinski definition) is 4. The fourth-order valence-corrected chi connectivity index (χ4v) is 3.05. The van der Waals surface area contributed by atoms with E-state index < -0.39 is 10.1 Å². The molecule has 2 N–H and O–H groups in total. The van der Waals surface area contributed by atoms with Gasteiger partial charge in [0.05, 0.1) is 19.0 Å². The topological polar surface area (TPSA) is 75.6 Å². The highest BCUT2D eigenvalue weighted by molar-refractivity contribution is 7.85. The molecule has 0 aromatic heterocycles. The van der Waals surface area contributed by atoms with Gasteiger partial charge in [0.15, 0.2) is 0 Å². The van der Waals surface area contributed by atoms with Gasteiger partial charge in [-0.1, -0.05) is 60.7 Å². The van der Waals surface area contributed by atoms with Crippen molar-refractivity contribution in [3.8, 4) is 0 Å². The zero-order valence-electron chi connectivity index (χ0n) is 14.2. The van der Waals surface area contributed by atoms with Crippen LogP contribution in [0.25, 0.3) is 0 Å². The van der Waals surface area contributed by atoms with Crippen molar-refractivity contribution in [3.63, 3.8) is 0 Å². The van der Waals surface area contributed by atoms with Gasteiger partial charge in [-0.05, 0) is 30.5 Å². The van der Waals surface area contributed by atoms with E-state index in [0.717, 1.165) is 12.0 Å². The fourth-order valence-electron chi connectivity index (χ4n) is 2.54. The quantitative estimate of drug-likeness (QED) is 0.474. The Balaban J connectivity index is 1.82. The normalized spacial score (nSPS) is 12.8. The van der Waals surface area contributed by atoms with Crippen LogP contribution >= 0.6 is 0 Å². The van der Waals surface area contributed by atoms with Gasteiger partial charge in [-0.3, -0.25) is 4.55 Å². The van der Waals surface area contributed by atoms with E-state index in [0.29, 0.717) is 26.2 Å². The van der Waals surface area contributed by atoms with Crippen LogP contribution < -0.4 is 5.32 Å². The number of nitrogens with one attached hydrogen (secondary N) is 1. The van der Waals surface area contributed by atoms with Gasteiger partial charge in [0.2, 0.25) is 0 Å². The first-order valence-corrected chi connectivity index (χ1v) is 9.98. The lowest BCUT2D eigenvalue weighted by atomic mass is 10.1. The smallest absolute Gasteiger partial charge is 0.264 e. The summed E-state index contributed by atoms with van der Waals surface area (Å²) in [6.45, 7) is 1.57. The summed E-state index contributed by atoms with van der Waals surface area (Å²) in [7, 11) is -3.91. The van der Waals surface area contributed by atoms with Crippen LogP contribution in [0.5, 0.6) is 0 Å². The van der Waals surface area contributed by atoms with Gasteiger partial charge in [0.25, 0.3) is 10.1 Å². The van der Waals surface area contributed by atoms with E-state index in [1.807, 2.05) is 48.5 Å². The average molecular weight is 363 g/mol. The van der Waals surface area contributed by atoms with E-state index in [4.69, 9.17) is 9.29 Å². The molecule has 5 nitrogen and oxygen atoms in total. The summed E-state index contributed by atoms with van der Waals surface area (Å²) >= 11 is 0. The minimum absolute atomic E-state index is 0.0764. The van der Waals surface area contributed by atoms with Gasteiger partial charge in [0.1, 0.15) is 0 Å². The van der Waals surface area contributed by atoms with E-state index in [1.165, 1.54) is 5.56 Å². The zero-order valence-corrected chi connectivity index (χ0v) is 15.0. The highest BCUT2D eigenvalue weighted by Crippen LogP contribution is 2.06. The summed E-state index contributed by atoms with van der Waals surface area (Å²) in [5.74, 6) is -0.233. The first-order chi connectivity index (χ1) is 12.0. The molecule has 2 aromatic rings. The molecule has 2 rings (SSSR count). The highest BCUT2D eigenvalue weighted by atomic mass is 32.2. The molecule has 0 amide bonds. The molecule has 0 radical (unpaired) electrons. The molecule has 6 heteroatoms. The summed E-state index contributed by atoms with van der Waals surface area (Å²) < 4.78 is 36.2. The van der Waals surface area contributed by atoms with E-state index in [-0.39, 0.29) is 11.8 Å². The third-order valence-corrected chi connectivity index (χ3v) is 4.57. The summed E-state index contributed by atoms with van der Waals surface area (Å²) in [6.07, 6.45) is 1.16. The van der Waals surface area contributed by atoms with Crippen LogP contribution in [0.3, 0.4) is 0 Å². The van der Waals surface area contributed by atoms with Crippen LogP contribution in [0.1, 0.15) is 17.5 Å². The van der Waals surface area contributed by atoms with Gasteiger partial charge < -0.3 is 10.1 Å². The Kier molecular flexibility index (Phi) is 8.08. The summed E-state index contributed by atoms with van der Waals surface area (Å²) in [6, 6.07) is 20.1. The maximum absolute atomic E-state index is 10.8. The maximum Gasteiger partial charge on any atom is 0.264 e. The van der Waals surface area contributed by atoms with E-state index >= 15 is 0 Å². The standard InChI is InChI=1S/C19H25NO4S/c21-25(22,23)13-7-12-20-19(14-17-8-3-1-4-9-17)16-24-15-18-10-5-2-6-11-18/h1-6,8-11,19-20H,7,12-16H2,(H,21,22,23)/t19-/m0/s1. The Morgan fingerprint density at radius 3 is 2.16 bits per heavy atom. The summed E-state index contributed by atoms with van der Waals surface area (Å²) in [5, 5.41) is 3.33. The van der Waals surface area contributed by atoms with Crippen molar-refractivity contribution >= 4 is 10.1 Å². The molecular weight excluding hydrogens is 338 g/mol. The molecule has 136 valence electrons. The summed E-state index contributed by atoms with van der Waals surface area (Å²) in [5.41, 5.74) is 2.31. The van der Waals surface area contributed by atoms with Crippen LogP contribution in [0.4, 0.5) is 0 Å². The van der Waals surface area contributed by atoms with Crippen LogP contribution in [-0.4, -0.2) is 37.9 Å². The molecule has 25 heavy (non-hydrogen) atoms. The van der Waals surface area contributed by atoms with Crippen molar-refractivity contribution in [2.75, 3.05) is 18.9 Å². The molecule has 0 unspecified atom stereocenters. The van der Waals surface area contributed by atoms with Crippen molar-refractivity contribution in [2.45, 2.75) is 25.5 Å². The van der Waals surface area contributed by atoms with Gasteiger partial charge in [-0.15, -0.1) is 0 Å². The molecule has 2 aromatic carbocycles. The van der Waals surface area contributed by atoms with Gasteiger partial charge in [0, 0.05) is 6.04 Å². The van der Waals surface area contributed by atoms with Gasteiger partial charge in [-0.2, -0.15) is 8.42 Å². The first kappa shape index (κ1) is 19.6. The molecule has 0 spiro atoms. The van der Waals surface area contributed by atoms with E-state index in [9.17, 15) is 8.42 Å². The Morgan fingerprint density at radius 2 is 1.56 bits per heavy atom. The Hall–Kier alpha value is -1.73. The lowest BCUT2D eigenvalue weighted by Gasteiger charge is -2.19. The predicted octanol–water partition coefficient (Wildman–Crippen LogP) is 2.68. The fraction of sp³-hybridized carbons (Fsp3) is 0.368.